The number of cyclic esters (lactones) is 2. The molecule has 2 aliphatic carbocycles. The van der Waals surface area contributed by atoms with E-state index < -0.39 is 118 Å². The average Bonchev–Trinajstić information content (AvgIpc) is 3.76. The summed E-state index contributed by atoms with van der Waals surface area (Å²) < 4.78 is 27.4. The number of benzene rings is 2. The van der Waals surface area contributed by atoms with Gasteiger partial charge >= 0.3 is 49.0 Å². The topological polar surface area (TPSA) is 401 Å². The molecule has 2 aromatic rings. The summed E-state index contributed by atoms with van der Waals surface area (Å²) in [6.45, 7) is 4.15. The first kappa shape index (κ1) is 56.7. The summed E-state index contributed by atoms with van der Waals surface area (Å²) in [7, 11) is 1.32. The number of Topliss-reactive ketones (excluding diaryl/α,β-unsaturated/α-hetero) is 1. The van der Waals surface area contributed by atoms with Crippen LogP contribution in [-0.4, -0.2) is 111 Å². The number of rotatable bonds is 5. The van der Waals surface area contributed by atoms with E-state index in [1.165, 1.54) is 25.3 Å². The minimum atomic E-state index is -2.24. The number of hydrogen-bond donors (Lipinski definition) is 6. The molecule has 2 unspecified atom stereocenters. The maximum Gasteiger partial charge on any atom is 5.00 e. The fraction of sp³-hybridized carbons (Fsp3) is 0.541. The van der Waals surface area contributed by atoms with Crippen molar-refractivity contribution in [3.05, 3.63) is 51.6 Å². The molecule has 4 saturated heterocycles. The number of aromatic hydroxyl groups is 2. The maximum absolute atomic E-state index is 13.6. The van der Waals surface area contributed by atoms with Crippen LogP contribution in [-0.2, 0) is 104 Å². The van der Waals surface area contributed by atoms with Crippen LogP contribution in [0.1, 0.15) is 95.5 Å². The van der Waals surface area contributed by atoms with E-state index in [2.05, 4.69) is 0 Å². The van der Waals surface area contributed by atoms with E-state index in [4.69, 9.17) is 29.4 Å². The normalized spacial score (nSPS) is 32.2. The molecule has 0 amide bonds. The largest absolute Gasteiger partial charge is 5.00 e. The van der Waals surface area contributed by atoms with Gasteiger partial charge in [-0.05, 0) is 39.7 Å². The summed E-state index contributed by atoms with van der Waals surface area (Å²) in [4.78, 5) is 63.1. The standard InChI is InChI=1S/C27H29NO11.C10H12O4.5O.2V/c1-10-22(31)13(28)6-17(38-10)39-15-8-27(36,16(30)9-29)7-12-19(15)26(35)21-20(24(12)33)23(32)11-4-3-5-14(37-2)18(11)25(21)34;1-9-5-3-4-6(13-5)10(9,2)8(12)14-7(9)11;;;;;;;/h3-5,10,13,15,17,22,29,31,33,35-36H,6-9,28H2,1-2H3;5-6H,3-4H2,1-2H3;;;;;;;/q;;5*-2;2*+5/t10-,13-,15-,17-,22+,27-;5?,6?,9-,10+;;;;;;;/m0......../s1. The molecule has 4 aliphatic heterocycles. The van der Waals surface area contributed by atoms with Crippen LogP contribution in [0.5, 0.6) is 17.2 Å². The molecule has 23 heteroatoms. The van der Waals surface area contributed by atoms with Crippen molar-refractivity contribution in [2.45, 2.75) is 101 Å². The van der Waals surface area contributed by atoms with Crippen molar-refractivity contribution in [1.29, 1.82) is 0 Å². The smallest absolute Gasteiger partial charge is 2.00 e. The van der Waals surface area contributed by atoms with E-state index in [9.17, 15) is 49.5 Å². The molecule has 324 valence electrons. The molecule has 4 fully saturated rings. The van der Waals surface area contributed by atoms with Crippen LogP contribution in [0.4, 0.5) is 0 Å². The van der Waals surface area contributed by atoms with Crippen molar-refractivity contribution in [2.75, 3.05) is 13.7 Å². The average molecular weight is 922 g/mol. The second-order valence-electron chi connectivity index (χ2n) is 14.9. The van der Waals surface area contributed by atoms with Gasteiger partial charge in [-0.25, -0.2) is 0 Å². The Morgan fingerprint density at radius 1 is 0.883 bits per heavy atom. The molecule has 2 bridgehead atoms. The van der Waals surface area contributed by atoms with Crippen LogP contribution < -0.4 is 10.5 Å². The number of aliphatic hydroxyl groups is 3. The SMILES string of the molecule is COc1cccc2c1C(=O)c1c(O)c3c(c(O)c1C2=O)C[C@@](O)(C(=O)CO)C[C@@H]3O[C@H]1C[C@H](N)[C@H](O)[C@H](C)O1.C[C@@]12C(=O)OC(=O)[C@]1(C)C1CCC2O1.[O-2].[O-2].[O-2].[O-2].[O-2].[V+5].[V+5]. The van der Waals surface area contributed by atoms with Gasteiger partial charge in [-0.1, -0.05) is 12.1 Å². The van der Waals surface area contributed by atoms with Crippen LogP contribution in [0.25, 0.3) is 0 Å². The second-order valence-corrected chi connectivity index (χ2v) is 14.9. The Kier molecular flexibility index (Phi) is 18.7. The predicted octanol–water partition coefficient (Wildman–Crippen LogP) is 0.0459. The fourth-order valence-corrected chi connectivity index (χ4v) is 8.89. The van der Waals surface area contributed by atoms with Gasteiger partial charge < -0.3 is 82.3 Å². The monoisotopic (exact) mass is 921 g/mol. The summed E-state index contributed by atoms with van der Waals surface area (Å²) in [6, 6.07) is 3.64. The number of aliphatic hydroxyl groups excluding tert-OH is 2. The predicted molar refractivity (Wildman–Crippen MR) is 180 cm³/mol. The molecule has 6 aliphatic rings. The molecule has 0 radical (unpaired) electrons. The maximum atomic E-state index is 13.6. The number of ketones is 3. The van der Waals surface area contributed by atoms with Gasteiger partial charge in [0.2, 0.25) is 5.78 Å². The summed E-state index contributed by atoms with van der Waals surface area (Å²) in [5.74, 6) is -4.59. The van der Waals surface area contributed by atoms with Gasteiger partial charge in [-0.15, -0.1) is 0 Å². The molecule has 0 spiro atoms. The molecule has 8 rings (SSSR count). The summed E-state index contributed by atoms with van der Waals surface area (Å²) in [5, 5.41) is 53.7. The third-order valence-corrected chi connectivity index (χ3v) is 12.2. The van der Waals surface area contributed by atoms with Crippen molar-refractivity contribution in [3.63, 3.8) is 0 Å². The van der Waals surface area contributed by atoms with E-state index in [0.29, 0.717) is 0 Å². The minimum absolute atomic E-state index is 0. The number of ether oxygens (including phenoxy) is 5. The third-order valence-electron chi connectivity index (χ3n) is 12.2. The molecule has 21 nitrogen and oxygen atoms in total. The van der Waals surface area contributed by atoms with Crippen LogP contribution in [0.15, 0.2) is 18.2 Å². The number of carbonyl (C=O) groups excluding carboxylic acids is 5. The van der Waals surface area contributed by atoms with Gasteiger partial charge in [0.05, 0.1) is 54.3 Å². The summed E-state index contributed by atoms with van der Waals surface area (Å²) >= 11 is 0. The van der Waals surface area contributed by atoms with E-state index in [0.717, 1.165) is 12.8 Å². The molecule has 0 saturated carbocycles. The number of fused-ring (bicyclic) bond motifs is 8. The third kappa shape index (κ3) is 7.96. The summed E-state index contributed by atoms with van der Waals surface area (Å²) in [5.41, 5.74) is 0.888. The van der Waals surface area contributed by atoms with Gasteiger partial charge in [-0.3, -0.25) is 24.0 Å². The van der Waals surface area contributed by atoms with Crippen molar-refractivity contribution in [3.8, 4) is 17.2 Å². The molecule has 60 heavy (non-hydrogen) atoms. The molecule has 7 N–H and O–H groups in total. The first-order chi connectivity index (χ1) is 24.9. The molecular formula is C37H41NO20V2. The Labute approximate surface area is 366 Å². The number of phenols is 2. The molecule has 4 heterocycles. The molecule has 2 aromatic carbocycles. The molecule has 0 aromatic heterocycles. The first-order valence-electron chi connectivity index (χ1n) is 17.3. The van der Waals surface area contributed by atoms with Crippen LogP contribution in [0, 0.1) is 10.8 Å². The van der Waals surface area contributed by atoms with Gasteiger partial charge in [0.15, 0.2) is 17.9 Å². The van der Waals surface area contributed by atoms with Crippen LogP contribution in [0.3, 0.4) is 0 Å². The van der Waals surface area contributed by atoms with Gasteiger partial charge in [-0.2, -0.15) is 0 Å². The zero-order valence-electron chi connectivity index (χ0n) is 32.3. The van der Waals surface area contributed by atoms with Gasteiger partial charge in [0, 0.05) is 42.0 Å². The number of methoxy groups -OCH3 is 1. The van der Waals surface area contributed by atoms with Crippen molar-refractivity contribution in [2.24, 2.45) is 16.6 Å². The van der Waals surface area contributed by atoms with Crippen LogP contribution in [0.2, 0.25) is 0 Å². The molecule has 10 atom stereocenters. The Hall–Kier alpha value is -3.32. The Balaban J connectivity index is 0.00000141. The number of nitrogens with two attached hydrogens (primary N) is 1. The Morgan fingerprint density at radius 2 is 1.43 bits per heavy atom. The van der Waals surface area contributed by atoms with Crippen LogP contribution >= 0.6 is 0 Å². The zero-order chi connectivity index (χ0) is 38.5. The number of phenolic OH excluding ortho intramolecular Hbond substituents is 2. The summed E-state index contributed by atoms with van der Waals surface area (Å²) in [6.07, 6.45) is -3.66. The first-order valence-corrected chi connectivity index (χ1v) is 17.3. The van der Waals surface area contributed by atoms with Crippen molar-refractivity contribution >= 4 is 29.3 Å². The van der Waals surface area contributed by atoms with E-state index in [1.54, 1.807) is 20.8 Å². The number of esters is 2. The molecular weight excluding hydrogens is 880 g/mol. The minimum Gasteiger partial charge on any atom is -2.00 e. The zero-order valence-corrected chi connectivity index (χ0v) is 35.1. The number of carbonyl (C=O) groups is 5. The van der Waals surface area contributed by atoms with Crippen molar-refractivity contribution in [1.82, 2.24) is 0 Å². The van der Waals surface area contributed by atoms with E-state index >= 15 is 0 Å². The van der Waals surface area contributed by atoms with Gasteiger partial charge in [0.1, 0.15) is 40.3 Å². The number of hydrogen-bond acceptors (Lipinski definition) is 16. The fourth-order valence-electron chi connectivity index (χ4n) is 8.89. The van der Waals surface area contributed by atoms with E-state index in [-0.39, 0.29) is 111 Å². The second kappa shape index (κ2) is 19.8. The Morgan fingerprint density at radius 3 is 1.95 bits per heavy atom. The van der Waals surface area contributed by atoms with E-state index in [1.807, 2.05) is 0 Å². The quantitative estimate of drug-likeness (QED) is 0.112. The Bertz CT molecular complexity index is 1940. The van der Waals surface area contributed by atoms with Crippen molar-refractivity contribution < 1.29 is 138 Å². The van der Waals surface area contributed by atoms with Gasteiger partial charge in [0.25, 0.3) is 0 Å².